The van der Waals surface area contributed by atoms with Crippen LogP contribution in [0.25, 0.3) is 0 Å². The Hall–Kier alpha value is -2.38. The molecule has 0 amide bonds. The molecule has 1 aliphatic heterocycles. The van der Waals surface area contributed by atoms with Gasteiger partial charge in [0, 0.05) is 24.9 Å². The second kappa shape index (κ2) is 8.75. The van der Waals surface area contributed by atoms with E-state index < -0.39 is 10.0 Å². The average molecular weight is 403 g/mol. The molecule has 0 atom stereocenters. The van der Waals surface area contributed by atoms with E-state index in [4.69, 9.17) is 4.74 Å². The zero-order valence-electron chi connectivity index (χ0n) is 16.2. The van der Waals surface area contributed by atoms with Gasteiger partial charge in [0.05, 0.1) is 11.0 Å². The van der Waals surface area contributed by atoms with Crippen LogP contribution in [0.3, 0.4) is 0 Å². The largest absolute Gasteiger partial charge is 0.507 e. The van der Waals surface area contributed by atoms with Gasteiger partial charge < -0.3 is 9.84 Å². The molecule has 0 bridgehead atoms. The van der Waals surface area contributed by atoms with Gasteiger partial charge in [0.1, 0.15) is 17.2 Å². The molecule has 0 saturated carbocycles. The van der Waals surface area contributed by atoms with E-state index in [1.165, 1.54) is 16.6 Å². The van der Waals surface area contributed by atoms with Crippen LogP contribution in [-0.2, 0) is 10.0 Å². The Morgan fingerprint density at radius 3 is 2.50 bits per heavy atom. The van der Waals surface area contributed by atoms with Crippen molar-refractivity contribution in [2.45, 2.75) is 44.1 Å². The number of aromatic hydroxyl groups is 1. The molecule has 28 heavy (non-hydrogen) atoms. The Kier molecular flexibility index (Phi) is 6.36. The van der Waals surface area contributed by atoms with Gasteiger partial charge in [0.25, 0.3) is 0 Å². The Morgan fingerprint density at radius 2 is 1.82 bits per heavy atom. The molecule has 3 rings (SSSR count). The van der Waals surface area contributed by atoms with Crippen molar-refractivity contribution in [3.8, 4) is 11.5 Å². The van der Waals surface area contributed by atoms with Gasteiger partial charge in [-0.15, -0.1) is 0 Å². The molecule has 1 fully saturated rings. The summed E-state index contributed by atoms with van der Waals surface area (Å²) in [6, 6.07) is 11.6. The minimum atomic E-state index is -3.57. The number of rotatable bonds is 6. The van der Waals surface area contributed by atoms with Gasteiger partial charge >= 0.3 is 0 Å². The summed E-state index contributed by atoms with van der Waals surface area (Å²) in [5.74, 6) is 0.605. The topological polar surface area (TPSA) is 79.2 Å². The van der Waals surface area contributed by atoms with Crippen molar-refractivity contribution >= 4 is 21.9 Å². The Morgan fingerprint density at radius 1 is 1.11 bits per heavy atom. The van der Waals surface area contributed by atoms with E-state index in [9.17, 15) is 13.5 Å². The number of hydrogen-bond donors (Lipinski definition) is 1. The summed E-state index contributed by atoms with van der Waals surface area (Å²) in [4.78, 5) is 4.62. The first-order valence-electron chi connectivity index (χ1n) is 9.51. The summed E-state index contributed by atoms with van der Waals surface area (Å²) in [5, 5.41) is 9.93. The minimum Gasteiger partial charge on any atom is -0.507 e. The zero-order valence-corrected chi connectivity index (χ0v) is 17.0. The number of hydrogen-bond acceptors (Lipinski definition) is 5. The molecular weight excluding hydrogens is 376 g/mol. The summed E-state index contributed by atoms with van der Waals surface area (Å²) < 4.78 is 33.3. The fourth-order valence-corrected chi connectivity index (χ4v) is 4.64. The van der Waals surface area contributed by atoms with Gasteiger partial charge in [-0.05, 0) is 57.0 Å². The number of piperidine rings is 1. The van der Waals surface area contributed by atoms with Crippen molar-refractivity contribution in [3.05, 3.63) is 48.0 Å². The second-order valence-corrected chi connectivity index (χ2v) is 9.02. The van der Waals surface area contributed by atoms with Crippen molar-refractivity contribution in [2.24, 2.45) is 4.99 Å². The lowest BCUT2D eigenvalue weighted by Gasteiger charge is -2.26. The van der Waals surface area contributed by atoms with Crippen LogP contribution in [0.2, 0.25) is 0 Å². The molecule has 0 aliphatic carbocycles. The minimum absolute atomic E-state index is 0.0800. The van der Waals surface area contributed by atoms with Crippen molar-refractivity contribution in [1.82, 2.24) is 4.31 Å². The van der Waals surface area contributed by atoms with E-state index in [-0.39, 0.29) is 16.7 Å². The lowest BCUT2D eigenvalue weighted by Crippen LogP contribution is -2.35. The second-order valence-electron chi connectivity index (χ2n) is 7.08. The number of sulfonamides is 1. The summed E-state index contributed by atoms with van der Waals surface area (Å²) in [5.41, 5.74) is 0.956. The maximum atomic E-state index is 13.0. The van der Waals surface area contributed by atoms with Crippen LogP contribution in [-0.4, -0.2) is 43.2 Å². The van der Waals surface area contributed by atoms with Gasteiger partial charge in [0.2, 0.25) is 10.0 Å². The first-order valence-corrected chi connectivity index (χ1v) is 10.9. The number of benzene rings is 2. The quantitative estimate of drug-likeness (QED) is 0.738. The number of phenols is 1. The molecule has 7 heteroatoms. The molecule has 150 valence electrons. The van der Waals surface area contributed by atoms with E-state index in [1.807, 2.05) is 13.8 Å². The molecule has 1 heterocycles. The van der Waals surface area contributed by atoms with Crippen molar-refractivity contribution in [3.63, 3.8) is 0 Å². The third-order valence-corrected chi connectivity index (χ3v) is 6.42. The SMILES string of the molecule is CC(C)Oc1ccc(S(=O)(=O)N2CCCCC2)cc1N=Cc1ccccc1O. The first-order chi connectivity index (χ1) is 13.4. The Labute approximate surface area is 166 Å². The lowest BCUT2D eigenvalue weighted by atomic mass is 10.2. The summed E-state index contributed by atoms with van der Waals surface area (Å²) in [6.45, 7) is 4.88. The summed E-state index contributed by atoms with van der Waals surface area (Å²) >= 11 is 0. The predicted octanol–water partition coefficient (Wildman–Crippen LogP) is 4.10. The number of nitrogens with zero attached hydrogens (tertiary/aromatic N) is 2. The number of para-hydroxylation sites is 1. The average Bonchev–Trinajstić information content (AvgIpc) is 2.68. The van der Waals surface area contributed by atoms with Gasteiger partial charge in [-0.25, -0.2) is 8.42 Å². The molecule has 2 aromatic rings. The van der Waals surface area contributed by atoms with Crippen LogP contribution in [0.4, 0.5) is 5.69 Å². The fraction of sp³-hybridized carbons (Fsp3) is 0.381. The van der Waals surface area contributed by atoms with Crippen LogP contribution in [0.5, 0.6) is 11.5 Å². The van der Waals surface area contributed by atoms with Crippen molar-refractivity contribution < 1.29 is 18.3 Å². The normalized spacial score (nSPS) is 16.0. The van der Waals surface area contributed by atoms with Gasteiger partial charge in [-0.1, -0.05) is 18.6 Å². The fourth-order valence-electron chi connectivity index (χ4n) is 3.10. The zero-order chi connectivity index (χ0) is 20.1. The highest BCUT2D eigenvalue weighted by Gasteiger charge is 2.26. The van der Waals surface area contributed by atoms with Gasteiger partial charge in [-0.3, -0.25) is 4.99 Å². The number of aliphatic imine (C=N–C) groups is 1. The highest BCUT2D eigenvalue weighted by Crippen LogP contribution is 2.33. The molecule has 1 saturated heterocycles. The molecular formula is C21H26N2O4S. The molecule has 1 N–H and O–H groups in total. The monoisotopic (exact) mass is 402 g/mol. The van der Waals surface area contributed by atoms with E-state index >= 15 is 0 Å². The molecule has 0 aromatic heterocycles. The summed E-state index contributed by atoms with van der Waals surface area (Å²) in [7, 11) is -3.57. The van der Waals surface area contributed by atoms with Crippen LogP contribution < -0.4 is 4.74 Å². The standard InChI is InChI=1S/C21H26N2O4S/c1-16(2)27-21-11-10-18(28(25,26)23-12-6-3-7-13-23)14-19(21)22-15-17-8-4-5-9-20(17)24/h4-5,8-11,14-16,24H,3,6-7,12-13H2,1-2H3. The van der Waals surface area contributed by atoms with E-state index in [0.717, 1.165) is 19.3 Å². The Balaban J connectivity index is 1.98. The van der Waals surface area contributed by atoms with Crippen LogP contribution in [0.1, 0.15) is 38.7 Å². The van der Waals surface area contributed by atoms with E-state index in [1.54, 1.807) is 36.4 Å². The summed E-state index contributed by atoms with van der Waals surface area (Å²) in [6.07, 6.45) is 4.25. The molecule has 0 unspecified atom stereocenters. The van der Waals surface area contributed by atoms with Gasteiger partial charge in [-0.2, -0.15) is 4.31 Å². The molecule has 0 spiro atoms. The van der Waals surface area contributed by atoms with Crippen LogP contribution >= 0.6 is 0 Å². The van der Waals surface area contributed by atoms with E-state index in [0.29, 0.717) is 30.1 Å². The maximum absolute atomic E-state index is 13.0. The number of ether oxygens (including phenoxy) is 1. The van der Waals surface area contributed by atoms with Crippen molar-refractivity contribution in [2.75, 3.05) is 13.1 Å². The van der Waals surface area contributed by atoms with Gasteiger partial charge in [0.15, 0.2) is 0 Å². The smallest absolute Gasteiger partial charge is 0.243 e. The number of phenolic OH excluding ortho intramolecular Hbond substituents is 1. The molecule has 0 radical (unpaired) electrons. The van der Waals surface area contributed by atoms with Crippen LogP contribution in [0, 0.1) is 0 Å². The van der Waals surface area contributed by atoms with Crippen LogP contribution in [0.15, 0.2) is 52.4 Å². The lowest BCUT2D eigenvalue weighted by molar-refractivity contribution is 0.243. The molecule has 6 nitrogen and oxygen atoms in total. The third-order valence-electron chi connectivity index (χ3n) is 4.53. The Bertz CT molecular complexity index is 949. The first kappa shape index (κ1) is 20.4. The third kappa shape index (κ3) is 4.72. The highest BCUT2D eigenvalue weighted by molar-refractivity contribution is 7.89. The highest BCUT2D eigenvalue weighted by atomic mass is 32.2. The maximum Gasteiger partial charge on any atom is 0.243 e. The van der Waals surface area contributed by atoms with E-state index in [2.05, 4.69) is 4.99 Å². The predicted molar refractivity (Wildman–Crippen MR) is 110 cm³/mol. The molecule has 1 aliphatic rings. The molecule has 2 aromatic carbocycles. The van der Waals surface area contributed by atoms with Crippen molar-refractivity contribution in [1.29, 1.82) is 0 Å².